The van der Waals surface area contributed by atoms with Crippen molar-refractivity contribution in [3.05, 3.63) is 29.8 Å². The molecule has 21 heavy (non-hydrogen) atoms. The Morgan fingerprint density at radius 2 is 1.90 bits per heavy atom. The quantitative estimate of drug-likeness (QED) is 0.898. The van der Waals surface area contributed by atoms with Crippen LogP contribution in [0.4, 0.5) is 23.7 Å². The zero-order valence-corrected chi connectivity index (χ0v) is 10.9. The molecule has 0 aliphatic heterocycles. The van der Waals surface area contributed by atoms with Crippen LogP contribution < -0.4 is 10.6 Å². The van der Waals surface area contributed by atoms with Crippen molar-refractivity contribution in [3.8, 4) is 0 Å². The van der Waals surface area contributed by atoms with Crippen molar-refractivity contribution in [2.75, 3.05) is 11.9 Å². The van der Waals surface area contributed by atoms with E-state index < -0.39 is 18.9 Å². The van der Waals surface area contributed by atoms with Crippen LogP contribution >= 0.6 is 0 Å². The number of benzene rings is 1. The third kappa shape index (κ3) is 4.97. The molecule has 1 aliphatic rings. The number of hydrogen-bond donors (Lipinski definition) is 2. The van der Waals surface area contributed by atoms with E-state index in [1.807, 2.05) is 0 Å². The van der Waals surface area contributed by atoms with E-state index in [4.69, 9.17) is 0 Å². The fraction of sp³-hybridized carbons (Fsp3) is 0.385. The fourth-order valence-electron chi connectivity index (χ4n) is 1.57. The van der Waals surface area contributed by atoms with Crippen LogP contribution in [0.25, 0.3) is 0 Å². The van der Waals surface area contributed by atoms with Gasteiger partial charge >= 0.3 is 12.3 Å². The lowest BCUT2D eigenvalue weighted by Gasteiger charge is -2.12. The van der Waals surface area contributed by atoms with Gasteiger partial charge in [0.05, 0.1) is 11.3 Å². The number of carbonyl (C=O) groups excluding carboxylic acids is 2. The Morgan fingerprint density at radius 1 is 1.24 bits per heavy atom. The van der Waals surface area contributed by atoms with Gasteiger partial charge in [0.25, 0.3) is 5.91 Å². The number of carbonyl (C=O) groups is 2. The number of hydrogen-bond acceptors (Lipinski definition) is 3. The van der Waals surface area contributed by atoms with Gasteiger partial charge in [-0.25, -0.2) is 4.79 Å². The summed E-state index contributed by atoms with van der Waals surface area (Å²) in [6.45, 7) is -1.69. The second-order valence-electron chi connectivity index (χ2n) is 4.61. The lowest BCUT2D eigenvalue weighted by molar-refractivity contribution is -0.159. The van der Waals surface area contributed by atoms with Crippen LogP contribution in [0.2, 0.25) is 0 Å². The summed E-state index contributed by atoms with van der Waals surface area (Å²) >= 11 is 0. The minimum atomic E-state index is -4.60. The number of anilines is 1. The molecule has 0 unspecified atom stereocenters. The summed E-state index contributed by atoms with van der Waals surface area (Å²) in [6.07, 6.45) is -4.07. The zero-order valence-electron chi connectivity index (χ0n) is 10.9. The van der Waals surface area contributed by atoms with Crippen molar-refractivity contribution in [3.63, 3.8) is 0 Å². The van der Waals surface area contributed by atoms with Crippen LogP contribution in [0, 0.1) is 0 Å². The number of nitrogens with one attached hydrogen (secondary N) is 2. The van der Waals surface area contributed by atoms with Crippen molar-refractivity contribution in [2.24, 2.45) is 0 Å². The van der Waals surface area contributed by atoms with Crippen LogP contribution in [-0.2, 0) is 4.74 Å². The second-order valence-corrected chi connectivity index (χ2v) is 4.61. The fourth-order valence-corrected chi connectivity index (χ4v) is 1.57. The first kappa shape index (κ1) is 15.1. The molecule has 0 heterocycles. The molecule has 2 rings (SSSR count). The molecule has 8 heteroatoms. The Balaban J connectivity index is 1.98. The number of ether oxygens (including phenoxy) is 1. The van der Waals surface area contributed by atoms with Crippen molar-refractivity contribution >= 4 is 17.7 Å². The van der Waals surface area contributed by atoms with E-state index >= 15 is 0 Å². The summed E-state index contributed by atoms with van der Waals surface area (Å²) in [7, 11) is 0. The van der Waals surface area contributed by atoms with Crippen molar-refractivity contribution in [1.29, 1.82) is 0 Å². The molecule has 0 saturated heterocycles. The first-order valence-electron chi connectivity index (χ1n) is 6.25. The average Bonchev–Trinajstić information content (AvgIpc) is 3.20. The normalized spacial score (nSPS) is 14.4. The van der Waals surface area contributed by atoms with Gasteiger partial charge < -0.3 is 10.1 Å². The minimum Gasteiger partial charge on any atom is -0.440 e. The van der Waals surface area contributed by atoms with Crippen LogP contribution in [0.15, 0.2) is 24.3 Å². The van der Waals surface area contributed by atoms with E-state index in [1.54, 1.807) is 12.1 Å². The van der Waals surface area contributed by atoms with Gasteiger partial charge in [0, 0.05) is 6.04 Å². The molecule has 5 nitrogen and oxygen atoms in total. The van der Waals surface area contributed by atoms with Gasteiger partial charge in [-0.15, -0.1) is 0 Å². The van der Waals surface area contributed by atoms with Crippen LogP contribution in [0.1, 0.15) is 23.2 Å². The zero-order chi connectivity index (χ0) is 15.5. The second kappa shape index (κ2) is 6.02. The predicted molar refractivity (Wildman–Crippen MR) is 68.0 cm³/mol. The highest BCUT2D eigenvalue weighted by molar-refractivity contribution is 6.02. The van der Waals surface area contributed by atoms with Gasteiger partial charge in [-0.3, -0.25) is 10.1 Å². The predicted octanol–water partition coefficient (Wildman–Crippen LogP) is 2.69. The molecular formula is C13H13F3N2O3. The van der Waals surface area contributed by atoms with Gasteiger partial charge in [-0.05, 0) is 25.0 Å². The van der Waals surface area contributed by atoms with Gasteiger partial charge in [-0.2, -0.15) is 13.2 Å². The van der Waals surface area contributed by atoms with E-state index in [0.29, 0.717) is 0 Å². The summed E-state index contributed by atoms with van der Waals surface area (Å²) in [4.78, 5) is 23.2. The van der Waals surface area contributed by atoms with Crippen molar-refractivity contribution in [2.45, 2.75) is 25.1 Å². The summed E-state index contributed by atoms with van der Waals surface area (Å²) in [5.41, 5.74) is 0.274. The number of amides is 2. The van der Waals surface area contributed by atoms with Gasteiger partial charge in [0.2, 0.25) is 0 Å². The van der Waals surface area contributed by atoms with E-state index in [9.17, 15) is 22.8 Å². The Hall–Kier alpha value is -2.25. The maximum absolute atomic E-state index is 11.9. The topological polar surface area (TPSA) is 67.4 Å². The van der Waals surface area contributed by atoms with Gasteiger partial charge in [0.15, 0.2) is 6.61 Å². The Morgan fingerprint density at radius 3 is 2.52 bits per heavy atom. The van der Waals surface area contributed by atoms with Crippen molar-refractivity contribution < 1.29 is 27.5 Å². The van der Waals surface area contributed by atoms with E-state index in [-0.39, 0.29) is 23.2 Å². The number of para-hydroxylation sites is 1. The maximum atomic E-state index is 11.9. The first-order valence-corrected chi connectivity index (χ1v) is 6.25. The molecule has 0 spiro atoms. The lowest BCUT2D eigenvalue weighted by Crippen LogP contribution is -2.28. The molecule has 1 aromatic rings. The average molecular weight is 302 g/mol. The number of alkyl halides is 3. The van der Waals surface area contributed by atoms with Gasteiger partial charge in [0.1, 0.15) is 0 Å². The molecule has 1 aromatic carbocycles. The Bertz CT molecular complexity index is 542. The highest BCUT2D eigenvalue weighted by Crippen LogP contribution is 2.22. The molecule has 2 N–H and O–H groups in total. The van der Waals surface area contributed by atoms with E-state index in [0.717, 1.165) is 12.8 Å². The maximum Gasteiger partial charge on any atom is 0.422 e. The molecule has 0 aromatic heterocycles. The Kier molecular flexibility index (Phi) is 4.35. The summed E-state index contributed by atoms with van der Waals surface area (Å²) in [5.74, 6) is -0.385. The van der Waals surface area contributed by atoms with E-state index in [1.165, 1.54) is 12.1 Å². The molecule has 2 amide bonds. The molecule has 1 saturated carbocycles. The molecule has 0 atom stereocenters. The molecular weight excluding hydrogens is 289 g/mol. The van der Waals surface area contributed by atoms with E-state index in [2.05, 4.69) is 15.4 Å². The van der Waals surface area contributed by atoms with Crippen LogP contribution in [0.5, 0.6) is 0 Å². The van der Waals surface area contributed by atoms with Crippen molar-refractivity contribution in [1.82, 2.24) is 5.32 Å². The lowest BCUT2D eigenvalue weighted by atomic mass is 10.1. The summed E-state index contributed by atoms with van der Waals surface area (Å²) in [5, 5.41) is 4.86. The molecule has 1 aliphatic carbocycles. The van der Waals surface area contributed by atoms with Crippen LogP contribution in [-0.4, -0.2) is 30.8 Å². The number of rotatable bonds is 4. The number of halogens is 3. The smallest absolute Gasteiger partial charge is 0.422 e. The molecule has 114 valence electrons. The standard InChI is InChI=1S/C13H13F3N2O3/c14-13(15,16)7-21-12(20)18-10-4-2-1-3-9(10)11(19)17-8-5-6-8/h1-4,8H,5-7H2,(H,17,19)(H,18,20). The van der Waals surface area contributed by atoms with Gasteiger partial charge in [-0.1, -0.05) is 12.1 Å². The molecule has 0 radical (unpaired) electrons. The minimum absolute atomic E-state index is 0.0998. The Labute approximate surface area is 118 Å². The SMILES string of the molecule is O=C(Nc1ccccc1C(=O)NC1CC1)OCC(F)(F)F. The largest absolute Gasteiger partial charge is 0.440 e. The summed E-state index contributed by atoms with van der Waals surface area (Å²) in [6, 6.07) is 6.15. The highest BCUT2D eigenvalue weighted by atomic mass is 19.4. The first-order chi connectivity index (χ1) is 9.85. The third-order valence-corrected chi connectivity index (χ3v) is 2.69. The molecule has 1 fully saturated rings. The highest BCUT2D eigenvalue weighted by Gasteiger charge is 2.30. The monoisotopic (exact) mass is 302 g/mol. The summed E-state index contributed by atoms with van der Waals surface area (Å²) < 4.78 is 39.9. The third-order valence-electron chi connectivity index (χ3n) is 2.69. The molecule has 0 bridgehead atoms. The van der Waals surface area contributed by atoms with Crippen LogP contribution in [0.3, 0.4) is 0 Å².